The Morgan fingerprint density at radius 3 is 1.36 bits per heavy atom. The fourth-order valence-corrected chi connectivity index (χ4v) is 1.03. The highest BCUT2D eigenvalue weighted by Crippen LogP contribution is 2.43. The van der Waals surface area contributed by atoms with E-state index in [1.807, 2.05) is 0 Å². The SMILES string of the molecule is Nc1c(N)c(N)c([N+](=O)[O-])c(N)c1N. The molecule has 1 rings (SSSR count). The first-order valence-corrected chi connectivity index (χ1v) is 3.53. The van der Waals surface area contributed by atoms with Crippen LogP contribution in [0.1, 0.15) is 0 Å². The molecule has 0 fully saturated rings. The van der Waals surface area contributed by atoms with Gasteiger partial charge in [-0.3, -0.25) is 10.1 Å². The Labute approximate surface area is 78.8 Å². The van der Waals surface area contributed by atoms with Crippen LogP contribution in [-0.2, 0) is 0 Å². The second-order valence-corrected chi connectivity index (χ2v) is 2.67. The minimum absolute atomic E-state index is 0.0365. The minimum Gasteiger partial charge on any atom is -0.395 e. The summed E-state index contributed by atoms with van der Waals surface area (Å²) >= 11 is 0. The second-order valence-electron chi connectivity index (χ2n) is 2.67. The molecule has 1 aromatic carbocycles. The van der Waals surface area contributed by atoms with E-state index in [1.54, 1.807) is 0 Å². The Kier molecular flexibility index (Phi) is 1.97. The highest BCUT2D eigenvalue weighted by molar-refractivity contribution is 6.00. The van der Waals surface area contributed by atoms with Crippen LogP contribution in [0.5, 0.6) is 0 Å². The number of nitrogens with zero attached hydrogens (tertiary/aromatic N) is 1. The molecule has 0 saturated heterocycles. The molecule has 1 aromatic rings. The molecular formula is C6H10N6O2. The van der Waals surface area contributed by atoms with Gasteiger partial charge in [-0.25, -0.2) is 0 Å². The molecule has 10 N–H and O–H groups in total. The van der Waals surface area contributed by atoms with Crippen LogP contribution in [0.25, 0.3) is 0 Å². The van der Waals surface area contributed by atoms with E-state index in [4.69, 9.17) is 28.7 Å². The molecule has 0 unspecified atom stereocenters. The Morgan fingerprint density at radius 1 is 0.786 bits per heavy atom. The molecule has 0 saturated carbocycles. The predicted molar refractivity (Wildman–Crippen MR) is 55.2 cm³/mol. The largest absolute Gasteiger partial charge is 0.395 e. The zero-order chi connectivity index (χ0) is 11.0. The number of hydrogen-bond donors (Lipinski definition) is 5. The average Bonchev–Trinajstić information content (AvgIpc) is 2.11. The van der Waals surface area contributed by atoms with Gasteiger partial charge in [-0.1, -0.05) is 0 Å². The number of nitrogen functional groups attached to an aromatic ring is 5. The molecule has 0 aliphatic heterocycles. The van der Waals surface area contributed by atoms with Crippen LogP contribution >= 0.6 is 0 Å². The summed E-state index contributed by atoms with van der Waals surface area (Å²) in [6.07, 6.45) is 0. The summed E-state index contributed by atoms with van der Waals surface area (Å²) in [5, 5.41) is 10.6. The van der Waals surface area contributed by atoms with E-state index in [-0.39, 0.29) is 28.4 Å². The van der Waals surface area contributed by atoms with Crippen molar-refractivity contribution in [2.45, 2.75) is 0 Å². The summed E-state index contributed by atoms with van der Waals surface area (Å²) < 4.78 is 0. The zero-order valence-corrected chi connectivity index (χ0v) is 7.15. The fourth-order valence-electron chi connectivity index (χ4n) is 1.03. The highest BCUT2D eigenvalue weighted by atomic mass is 16.6. The van der Waals surface area contributed by atoms with Crippen molar-refractivity contribution in [2.24, 2.45) is 0 Å². The Bertz CT molecular complexity index is 386. The van der Waals surface area contributed by atoms with Crippen molar-refractivity contribution in [1.82, 2.24) is 0 Å². The van der Waals surface area contributed by atoms with Crippen LogP contribution in [0.4, 0.5) is 34.1 Å². The minimum atomic E-state index is -0.753. The standard InChI is InChI=1S/C6H10N6O2/c7-1-2(8)4(10)6(12(13)14)5(11)3(1)9/h7-11H2. The van der Waals surface area contributed by atoms with Gasteiger partial charge in [-0.2, -0.15) is 0 Å². The lowest BCUT2D eigenvalue weighted by Crippen LogP contribution is -2.10. The molecule has 8 heteroatoms. The number of benzene rings is 1. The molecule has 8 nitrogen and oxygen atoms in total. The molecule has 0 aliphatic rings. The third-order valence-corrected chi connectivity index (χ3v) is 1.85. The summed E-state index contributed by atoms with van der Waals surface area (Å²) in [4.78, 5) is 9.80. The zero-order valence-electron chi connectivity index (χ0n) is 7.15. The van der Waals surface area contributed by atoms with E-state index >= 15 is 0 Å². The van der Waals surface area contributed by atoms with Crippen LogP contribution < -0.4 is 28.7 Å². The summed E-state index contributed by atoms with van der Waals surface area (Å²) in [6, 6.07) is 0. The van der Waals surface area contributed by atoms with Gasteiger partial charge in [-0.05, 0) is 0 Å². The molecule has 0 atom stereocenters. The number of anilines is 5. The van der Waals surface area contributed by atoms with E-state index in [0.717, 1.165) is 0 Å². The molecule has 0 aromatic heterocycles. The average molecular weight is 198 g/mol. The molecule has 0 amide bonds. The van der Waals surface area contributed by atoms with Gasteiger partial charge in [0, 0.05) is 0 Å². The number of nitro benzene ring substituents is 1. The van der Waals surface area contributed by atoms with Crippen molar-refractivity contribution >= 4 is 34.1 Å². The molecule has 0 aliphatic carbocycles. The smallest absolute Gasteiger partial charge is 0.319 e. The number of nitrogens with two attached hydrogens (primary N) is 5. The topological polar surface area (TPSA) is 173 Å². The van der Waals surface area contributed by atoms with Crippen molar-refractivity contribution < 1.29 is 4.92 Å². The van der Waals surface area contributed by atoms with Gasteiger partial charge in [0.25, 0.3) is 0 Å². The number of nitro groups is 1. The second kappa shape index (κ2) is 2.83. The van der Waals surface area contributed by atoms with Crippen LogP contribution in [0.2, 0.25) is 0 Å². The lowest BCUT2D eigenvalue weighted by Gasteiger charge is -2.10. The first-order valence-electron chi connectivity index (χ1n) is 3.53. The van der Waals surface area contributed by atoms with Crippen molar-refractivity contribution in [3.63, 3.8) is 0 Å². The lowest BCUT2D eigenvalue weighted by molar-refractivity contribution is -0.382. The van der Waals surface area contributed by atoms with Gasteiger partial charge in [0.05, 0.1) is 22.0 Å². The van der Waals surface area contributed by atoms with Crippen LogP contribution in [-0.4, -0.2) is 4.92 Å². The van der Waals surface area contributed by atoms with E-state index in [0.29, 0.717) is 0 Å². The third-order valence-electron chi connectivity index (χ3n) is 1.85. The van der Waals surface area contributed by atoms with Crippen LogP contribution in [0.15, 0.2) is 0 Å². The molecule has 0 heterocycles. The van der Waals surface area contributed by atoms with Crippen LogP contribution in [0, 0.1) is 10.1 Å². The van der Waals surface area contributed by atoms with Crippen molar-refractivity contribution in [3.8, 4) is 0 Å². The third kappa shape index (κ3) is 1.09. The maximum atomic E-state index is 10.6. The van der Waals surface area contributed by atoms with Gasteiger partial charge in [0.1, 0.15) is 11.4 Å². The molecule has 14 heavy (non-hydrogen) atoms. The Balaban J connectivity index is 3.68. The first kappa shape index (κ1) is 9.71. The summed E-state index contributed by atoms with van der Waals surface area (Å²) in [7, 11) is 0. The fraction of sp³-hybridized carbons (Fsp3) is 0. The normalized spacial score (nSPS) is 10.0. The maximum absolute atomic E-state index is 10.6. The van der Waals surface area contributed by atoms with Crippen LogP contribution in [0.3, 0.4) is 0 Å². The van der Waals surface area contributed by atoms with E-state index in [2.05, 4.69) is 0 Å². The summed E-state index contributed by atoms with van der Waals surface area (Å²) in [6.45, 7) is 0. The van der Waals surface area contributed by atoms with E-state index in [1.165, 1.54) is 0 Å². The predicted octanol–water partition coefficient (Wildman–Crippen LogP) is -0.494. The Hall–Kier alpha value is -2.38. The van der Waals surface area contributed by atoms with Gasteiger partial charge in [0.15, 0.2) is 0 Å². The van der Waals surface area contributed by atoms with Gasteiger partial charge in [0.2, 0.25) is 0 Å². The van der Waals surface area contributed by atoms with E-state index in [9.17, 15) is 10.1 Å². The lowest BCUT2D eigenvalue weighted by atomic mass is 10.1. The van der Waals surface area contributed by atoms with Crippen molar-refractivity contribution in [2.75, 3.05) is 28.7 Å². The molecule has 76 valence electrons. The summed E-state index contributed by atoms with van der Waals surface area (Å²) in [5.74, 6) is 0. The maximum Gasteiger partial charge on any atom is 0.319 e. The quantitative estimate of drug-likeness (QED) is 0.229. The highest BCUT2D eigenvalue weighted by Gasteiger charge is 2.24. The molecule has 0 bridgehead atoms. The first-order chi connectivity index (χ1) is 6.37. The van der Waals surface area contributed by atoms with E-state index < -0.39 is 10.6 Å². The van der Waals surface area contributed by atoms with Crippen molar-refractivity contribution in [1.29, 1.82) is 0 Å². The van der Waals surface area contributed by atoms with Gasteiger partial charge >= 0.3 is 5.69 Å². The molecule has 0 spiro atoms. The van der Waals surface area contributed by atoms with Gasteiger partial charge < -0.3 is 28.7 Å². The molecular weight excluding hydrogens is 188 g/mol. The Morgan fingerprint density at radius 2 is 1.07 bits per heavy atom. The monoisotopic (exact) mass is 198 g/mol. The van der Waals surface area contributed by atoms with Crippen molar-refractivity contribution in [3.05, 3.63) is 10.1 Å². The van der Waals surface area contributed by atoms with Gasteiger partial charge in [-0.15, -0.1) is 0 Å². The number of rotatable bonds is 1. The number of hydrogen-bond acceptors (Lipinski definition) is 7. The molecule has 0 radical (unpaired) electrons. The summed E-state index contributed by atoms with van der Waals surface area (Å²) in [5.41, 5.74) is 25.6.